The van der Waals surface area contributed by atoms with Crippen LogP contribution >= 0.6 is 0 Å². The summed E-state index contributed by atoms with van der Waals surface area (Å²) in [6, 6.07) is 7.14. The summed E-state index contributed by atoms with van der Waals surface area (Å²) >= 11 is 0. The van der Waals surface area contributed by atoms with Crippen LogP contribution < -0.4 is 0 Å². The Labute approximate surface area is 67.8 Å². The molecule has 0 bridgehead atoms. The summed E-state index contributed by atoms with van der Waals surface area (Å²) in [5.74, 6) is 0.121. The highest BCUT2D eigenvalue weighted by atomic mass is 32.2. The van der Waals surface area contributed by atoms with Crippen LogP contribution in [0.4, 0.5) is 0 Å². The van der Waals surface area contributed by atoms with Gasteiger partial charge in [-0.3, -0.25) is 0 Å². The molecule has 11 heavy (non-hydrogen) atoms. The van der Waals surface area contributed by atoms with Gasteiger partial charge in [0.05, 0.1) is 5.75 Å². The van der Waals surface area contributed by atoms with Gasteiger partial charge in [-0.2, -0.15) is 0 Å². The van der Waals surface area contributed by atoms with Crippen molar-refractivity contribution in [3.63, 3.8) is 0 Å². The van der Waals surface area contributed by atoms with Crippen LogP contribution in [0.2, 0.25) is 0 Å². The first-order valence-corrected chi connectivity index (χ1v) is 4.57. The van der Waals surface area contributed by atoms with Crippen molar-refractivity contribution in [1.29, 1.82) is 0 Å². The topological polar surface area (TPSA) is 34.1 Å². The average molecular weight is 169 g/mol. The molecule has 0 spiro atoms. The SMILES string of the molecule is [CH2]c1ccc(C[SH](=O)=O)cc1. The van der Waals surface area contributed by atoms with E-state index in [-0.39, 0.29) is 5.75 Å². The van der Waals surface area contributed by atoms with Crippen molar-refractivity contribution >= 4 is 10.7 Å². The third kappa shape index (κ3) is 2.72. The van der Waals surface area contributed by atoms with Crippen LogP contribution in [0.3, 0.4) is 0 Å². The Bertz CT molecular complexity index is 290. The zero-order chi connectivity index (χ0) is 8.27. The summed E-state index contributed by atoms with van der Waals surface area (Å²) in [5.41, 5.74) is 1.71. The van der Waals surface area contributed by atoms with Crippen LogP contribution in [0, 0.1) is 6.92 Å². The van der Waals surface area contributed by atoms with Crippen LogP contribution in [0.25, 0.3) is 0 Å². The summed E-state index contributed by atoms with van der Waals surface area (Å²) in [4.78, 5) is 0. The van der Waals surface area contributed by atoms with E-state index in [9.17, 15) is 8.42 Å². The standard InChI is InChI=1S/C8H9O2S/c1-7-2-4-8(5-3-7)6-11(9)10/h2-5,11H,1,6H2. The molecule has 0 aromatic heterocycles. The van der Waals surface area contributed by atoms with Crippen LogP contribution in [0.1, 0.15) is 11.1 Å². The van der Waals surface area contributed by atoms with E-state index in [1.54, 1.807) is 24.3 Å². The number of rotatable bonds is 2. The lowest BCUT2D eigenvalue weighted by Gasteiger charge is -1.94. The molecule has 0 amide bonds. The van der Waals surface area contributed by atoms with Gasteiger partial charge in [0.15, 0.2) is 0 Å². The monoisotopic (exact) mass is 169 g/mol. The highest BCUT2D eigenvalue weighted by Crippen LogP contribution is 2.03. The van der Waals surface area contributed by atoms with E-state index in [1.807, 2.05) is 0 Å². The minimum atomic E-state index is -2.31. The van der Waals surface area contributed by atoms with E-state index in [2.05, 4.69) is 6.92 Å². The van der Waals surface area contributed by atoms with Gasteiger partial charge in [-0.05, 0) is 18.1 Å². The van der Waals surface area contributed by atoms with Gasteiger partial charge in [0, 0.05) is 0 Å². The molecule has 0 aliphatic carbocycles. The van der Waals surface area contributed by atoms with E-state index >= 15 is 0 Å². The van der Waals surface area contributed by atoms with Gasteiger partial charge in [0.1, 0.15) is 10.7 Å². The molecule has 0 aliphatic rings. The zero-order valence-corrected chi connectivity index (χ0v) is 6.88. The molecule has 0 N–H and O–H groups in total. The summed E-state index contributed by atoms with van der Waals surface area (Å²) in [6.45, 7) is 3.69. The maximum atomic E-state index is 10.3. The van der Waals surface area contributed by atoms with Gasteiger partial charge in [-0.25, -0.2) is 8.42 Å². The van der Waals surface area contributed by atoms with Crippen molar-refractivity contribution in [2.24, 2.45) is 0 Å². The quantitative estimate of drug-likeness (QED) is 0.670. The predicted molar refractivity (Wildman–Crippen MR) is 44.9 cm³/mol. The Hall–Kier alpha value is -0.830. The highest BCUT2D eigenvalue weighted by molar-refractivity contribution is 7.71. The molecule has 1 rings (SSSR count). The molecule has 0 atom stereocenters. The second-order valence-corrected chi connectivity index (χ2v) is 3.29. The number of benzene rings is 1. The molecule has 1 radical (unpaired) electrons. The average Bonchev–Trinajstić information content (AvgIpc) is 1.93. The van der Waals surface area contributed by atoms with Crippen molar-refractivity contribution in [1.82, 2.24) is 0 Å². The molecule has 1 aromatic carbocycles. The van der Waals surface area contributed by atoms with E-state index < -0.39 is 10.7 Å². The van der Waals surface area contributed by atoms with Gasteiger partial charge in [-0.15, -0.1) is 0 Å². The number of hydrogen-bond donors (Lipinski definition) is 1. The smallest absolute Gasteiger partial charge is 0.144 e. The molecule has 0 fully saturated rings. The van der Waals surface area contributed by atoms with E-state index in [4.69, 9.17) is 0 Å². The highest BCUT2D eigenvalue weighted by Gasteiger charge is 1.92. The van der Waals surface area contributed by atoms with E-state index in [1.165, 1.54) is 0 Å². The molecule has 0 unspecified atom stereocenters. The molecule has 3 heteroatoms. The Kier molecular flexibility index (Phi) is 2.65. The van der Waals surface area contributed by atoms with Gasteiger partial charge < -0.3 is 0 Å². The molecule has 0 aliphatic heterocycles. The first kappa shape index (κ1) is 8.27. The lowest BCUT2D eigenvalue weighted by atomic mass is 10.2. The summed E-state index contributed by atoms with van der Waals surface area (Å²) < 4.78 is 20.6. The van der Waals surface area contributed by atoms with Crippen molar-refractivity contribution in [3.8, 4) is 0 Å². The maximum Gasteiger partial charge on any atom is 0.144 e. The minimum absolute atomic E-state index is 0.121. The molecule has 0 saturated carbocycles. The zero-order valence-electron chi connectivity index (χ0n) is 5.99. The Balaban J connectivity index is 2.82. The minimum Gasteiger partial charge on any atom is -0.232 e. The van der Waals surface area contributed by atoms with Crippen LogP contribution in [-0.2, 0) is 16.5 Å². The number of hydrogen-bond acceptors (Lipinski definition) is 2. The molecular formula is C8H9O2S. The maximum absolute atomic E-state index is 10.3. The van der Waals surface area contributed by atoms with Crippen LogP contribution in [-0.4, -0.2) is 8.42 Å². The Morgan fingerprint density at radius 3 is 2.18 bits per heavy atom. The van der Waals surface area contributed by atoms with Gasteiger partial charge >= 0.3 is 0 Å². The summed E-state index contributed by atoms with van der Waals surface area (Å²) in [7, 11) is -2.31. The Morgan fingerprint density at radius 2 is 1.73 bits per heavy atom. The van der Waals surface area contributed by atoms with Gasteiger partial charge in [0.25, 0.3) is 0 Å². The molecule has 0 heterocycles. The molecule has 59 valence electrons. The second-order valence-electron chi connectivity index (χ2n) is 2.31. The van der Waals surface area contributed by atoms with Crippen LogP contribution in [0.15, 0.2) is 24.3 Å². The largest absolute Gasteiger partial charge is 0.232 e. The summed E-state index contributed by atoms with van der Waals surface area (Å²) in [6.07, 6.45) is 0. The van der Waals surface area contributed by atoms with Crippen molar-refractivity contribution in [3.05, 3.63) is 42.3 Å². The third-order valence-electron chi connectivity index (χ3n) is 1.33. The lowest BCUT2D eigenvalue weighted by Crippen LogP contribution is -1.85. The molecule has 0 saturated heterocycles. The first-order valence-electron chi connectivity index (χ1n) is 3.21. The van der Waals surface area contributed by atoms with Crippen molar-refractivity contribution in [2.75, 3.05) is 0 Å². The van der Waals surface area contributed by atoms with E-state index in [0.717, 1.165) is 11.1 Å². The fraction of sp³-hybridized carbons (Fsp3) is 0.125. The van der Waals surface area contributed by atoms with E-state index in [0.29, 0.717) is 0 Å². The van der Waals surface area contributed by atoms with Crippen LogP contribution in [0.5, 0.6) is 0 Å². The fourth-order valence-electron chi connectivity index (χ4n) is 0.794. The summed E-state index contributed by atoms with van der Waals surface area (Å²) in [5, 5.41) is 0. The number of thiol groups is 1. The van der Waals surface area contributed by atoms with Gasteiger partial charge in [-0.1, -0.05) is 24.3 Å². The normalized spacial score (nSPS) is 10.4. The molecule has 2 nitrogen and oxygen atoms in total. The second kappa shape index (κ2) is 3.53. The third-order valence-corrected chi connectivity index (χ3v) is 1.96. The molecule has 1 aromatic rings. The van der Waals surface area contributed by atoms with Gasteiger partial charge in [0.2, 0.25) is 0 Å². The molecular weight excluding hydrogens is 160 g/mol. The Morgan fingerprint density at radius 1 is 1.18 bits per heavy atom. The van der Waals surface area contributed by atoms with Crippen molar-refractivity contribution < 1.29 is 8.42 Å². The lowest BCUT2D eigenvalue weighted by molar-refractivity contribution is 0.614. The van der Waals surface area contributed by atoms with Crippen molar-refractivity contribution in [2.45, 2.75) is 5.75 Å². The predicted octanol–water partition coefficient (Wildman–Crippen LogP) is 0.980. The first-order chi connectivity index (χ1) is 5.18. The fourth-order valence-corrected chi connectivity index (χ4v) is 1.30.